The second-order valence-corrected chi connectivity index (χ2v) is 8.39. The first-order valence-electron chi connectivity index (χ1n) is 10.9. The van der Waals surface area contributed by atoms with E-state index in [9.17, 15) is 14.4 Å². The van der Waals surface area contributed by atoms with Crippen molar-refractivity contribution in [2.45, 2.75) is 32.4 Å². The lowest BCUT2D eigenvalue weighted by molar-refractivity contribution is -0.124. The Bertz CT molecular complexity index is 1170. The maximum atomic E-state index is 12.7. The fourth-order valence-corrected chi connectivity index (χ4v) is 4.08. The Hall–Kier alpha value is -4.14. The van der Waals surface area contributed by atoms with Gasteiger partial charge in [-0.05, 0) is 28.2 Å². The molecular formula is C25H25N3O6. The first-order valence-corrected chi connectivity index (χ1v) is 10.9. The summed E-state index contributed by atoms with van der Waals surface area (Å²) in [5.74, 6) is -1.78. The molecule has 2 amide bonds. The quantitative estimate of drug-likeness (QED) is 0.466. The third-order valence-corrected chi connectivity index (χ3v) is 5.78. The largest absolute Gasteiger partial charge is 0.476 e. The molecule has 3 N–H and O–H groups in total. The predicted octanol–water partition coefficient (Wildman–Crippen LogP) is 3.55. The molecule has 0 bridgehead atoms. The molecule has 0 fully saturated rings. The normalized spacial score (nSPS) is 13.1. The van der Waals surface area contributed by atoms with Crippen LogP contribution in [0.3, 0.4) is 0 Å². The van der Waals surface area contributed by atoms with E-state index in [0.29, 0.717) is 0 Å². The molecule has 176 valence electrons. The molecule has 3 aromatic rings. The van der Waals surface area contributed by atoms with Gasteiger partial charge in [0, 0.05) is 12.0 Å². The summed E-state index contributed by atoms with van der Waals surface area (Å²) in [5.41, 5.74) is 4.21. The third kappa shape index (κ3) is 4.78. The van der Waals surface area contributed by atoms with Gasteiger partial charge in [-0.25, -0.2) is 9.59 Å². The highest BCUT2D eigenvalue weighted by Gasteiger charge is 2.30. The number of carbonyl (C=O) groups is 3. The highest BCUT2D eigenvalue weighted by atomic mass is 16.5. The second kappa shape index (κ2) is 9.78. The van der Waals surface area contributed by atoms with Crippen LogP contribution in [0.15, 0.2) is 59.1 Å². The van der Waals surface area contributed by atoms with E-state index in [1.165, 1.54) is 6.07 Å². The minimum atomic E-state index is -1.22. The molecule has 4 rings (SSSR count). The van der Waals surface area contributed by atoms with Crippen molar-refractivity contribution in [1.29, 1.82) is 0 Å². The molecule has 0 aliphatic heterocycles. The Balaban J connectivity index is 1.36. The molecule has 1 aromatic heterocycles. The number of alkyl carbamates (subject to hydrolysis) is 1. The topological polar surface area (TPSA) is 131 Å². The molecule has 1 heterocycles. The zero-order valence-corrected chi connectivity index (χ0v) is 18.8. The number of carboxylic acids is 1. The SMILES string of the molecule is CC(C)[C@H](NC(=O)OCC1c2ccccc2-c2ccccc21)C(=O)NCc1cc(C(=O)O)no1. The van der Waals surface area contributed by atoms with E-state index >= 15 is 0 Å². The molecular weight excluding hydrogens is 438 g/mol. The number of aromatic nitrogens is 1. The lowest BCUT2D eigenvalue weighted by Crippen LogP contribution is -2.49. The molecule has 1 aliphatic carbocycles. The lowest BCUT2D eigenvalue weighted by Gasteiger charge is -2.22. The van der Waals surface area contributed by atoms with Crippen LogP contribution < -0.4 is 10.6 Å². The molecule has 1 atom stereocenters. The summed E-state index contributed by atoms with van der Waals surface area (Å²) >= 11 is 0. The fourth-order valence-electron chi connectivity index (χ4n) is 4.08. The van der Waals surface area contributed by atoms with Gasteiger partial charge < -0.3 is 25.0 Å². The van der Waals surface area contributed by atoms with Crippen molar-refractivity contribution < 1.29 is 28.8 Å². The van der Waals surface area contributed by atoms with Crippen molar-refractivity contribution in [3.05, 3.63) is 77.2 Å². The summed E-state index contributed by atoms with van der Waals surface area (Å²) in [6.07, 6.45) is -0.691. The van der Waals surface area contributed by atoms with Crippen LogP contribution in [0.25, 0.3) is 11.1 Å². The Kier molecular flexibility index (Phi) is 6.62. The Morgan fingerprint density at radius 3 is 2.24 bits per heavy atom. The second-order valence-electron chi connectivity index (χ2n) is 8.39. The minimum absolute atomic E-state index is 0.0608. The van der Waals surface area contributed by atoms with Gasteiger partial charge >= 0.3 is 12.1 Å². The van der Waals surface area contributed by atoms with Crippen LogP contribution in [0.2, 0.25) is 0 Å². The molecule has 0 spiro atoms. The monoisotopic (exact) mass is 463 g/mol. The van der Waals surface area contributed by atoms with Gasteiger partial charge in [-0.2, -0.15) is 0 Å². The molecule has 1 aliphatic rings. The number of aromatic carboxylic acids is 1. The summed E-state index contributed by atoms with van der Waals surface area (Å²) in [7, 11) is 0. The molecule has 34 heavy (non-hydrogen) atoms. The number of hydrogen-bond donors (Lipinski definition) is 3. The van der Waals surface area contributed by atoms with Crippen LogP contribution >= 0.6 is 0 Å². The standard InChI is InChI=1S/C25H25N3O6/c1-14(2)22(23(29)26-12-15-11-21(24(30)31)28-34-15)27-25(32)33-13-20-18-9-5-3-7-16(18)17-8-4-6-10-19(17)20/h3-11,14,20,22H,12-13H2,1-2H3,(H,26,29)(H,27,32)(H,30,31)/t22-/m0/s1. The van der Waals surface area contributed by atoms with Crippen LogP contribution in [0.4, 0.5) is 4.79 Å². The van der Waals surface area contributed by atoms with Gasteiger partial charge in [-0.15, -0.1) is 0 Å². The number of carbonyl (C=O) groups excluding carboxylic acids is 2. The number of amides is 2. The van der Waals surface area contributed by atoms with E-state index in [0.717, 1.165) is 22.3 Å². The number of fused-ring (bicyclic) bond motifs is 3. The zero-order valence-electron chi connectivity index (χ0n) is 18.8. The average molecular weight is 463 g/mol. The van der Waals surface area contributed by atoms with E-state index in [-0.39, 0.29) is 36.4 Å². The van der Waals surface area contributed by atoms with Gasteiger partial charge in [0.05, 0.1) is 6.54 Å². The zero-order chi connectivity index (χ0) is 24.2. The van der Waals surface area contributed by atoms with Gasteiger partial charge in [0.1, 0.15) is 12.6 Å². The lowest BCUT2D eigenvalue weighted by atomic mass is 9.98. The fraction of sp³-hybridized carbons (Fsp3) is 0.280. The van der Waals surface area contributed by atoms with Gasteiger partial charge in [0.2, 0.25) is 5.91 Å². The molecule has 0 saturated heterocycles. The number of hydrogen-bond acceptors (Lipinski definition) is 6. The van der Waals surface area contributed by atoms with Crippen LogP contribution in [-0.4, -0.2) is 40.9 Å². The maximum Gasteiger partial charge on any atom is 0.407 e. The number of nitrogens with one attached hydrogen (secondary N) is 2. The van der Waals surface area contributed by atoms with Crippen molar-refractivity contribution in [3.63, 3.8) is 0 Å². The summed E-state index contributed by atoms with van der Waals surface area (Å²) in [6.45, 7) is 3.67. The van der Waals surface area contributed by atoms with Crippen LogP contribution in [0, 0.1) is 5.92 Å². The number of ether oxygens (including phenoxy) is 1. The highest BCUT2D eigenvalue weighted by molar-refractivity contribution is 5.86. The van der Waals surface area contributed by atoms with E-state index in [1.54, 1.807) is 13.8 Å². The smallest absolute Gasteiger partial charge is 0.407 e. The summed E-state index contributed by atoms with van der Waals surface area (Å²) in [4.78, 5) is 36.1. The van der Waals surface area contributed by atoms with Gasteiger partial charge in [-0.3, -0.25) is 4.79 Å². The Labute approximate surface area is 196 Å². The number of nitrogens with zero attached hydrogens (tertiary/aromatic N) is 1. The number of carboxylic acid groups (broad SMARTS) is 1. The molecule has 9 heteroatoms. The summed E-state index contributed by atoms with van der Waals surface area (Å²) in [6, 6.07) is 16.5. The van der Waals surface area contributed by atoms with Crippen LogP contribution in [0.5, 0.6) is 0 Å². The average Bonchev–Trinajstić information content (AvgIpc) is 3.43. The van der Waals surface area contributed by atoms with E-state index in [2.05, 4.69) is 27.9 Å². The summed E-state index contributed by atoms with van der Waals surface area (Å²) in [5, 5.41) is 17.6. The van der Waals surface area contributed by atoms with Crippen molar-refractivity contribution >= 4 is 18.0 Å². The first kappa shape index (κ1) is 23.0. The predicted molar refractivity (Wildman–Crippen MR) is 122 cm³/mol. The summed E-state index contributed by atoms with van der Waals surface area (Å²) < 4.78 is 10.4. The van der Waals surface area contributed by atoms with E-state index < -0.39 is 24.0 Å². The van der Waals surface area contributed by atoms with Crippen molar-refractivity contribution in [1.82, 2.24) is 15.8 Å². The molecule has 0 radical (unpaired) electrons. The van der Waals surface area contributed by atoms with Crippen LogP contribution in [-0.2, 0) is 16.1 Å². The Morgan fingerprint density at radius 1 is 1.06 bits per heavy atom. The minimum Gasteiger partial charge on any atom is -0.476 e. The number of benzene rings is 2. The number of rotatable bonds is 8. The molecule has 2 aromatic carbocycles. The van der Waals surface area contributed by atoms with Gasteiger partial charge in [-0.1, -0.05) is 67.5 Å². The van der Waals surface area contributed by atoms with E-state index in [4.69, 9.17) is 14.4 Å². The Morgan fingerprint density at radius 2 is 1.68 bits per heavy atom. The first-order chi connectivity index (χ1) is 16.3. The maximum absolute atomic E-state index is 12.7. The van der Waals surface area contributed by atoms with Gasteiger partial charge in [0.25, 0.3) is 0 Å². The van der Waals surface area contributed by atoms with Crippen molar-refractivity contribution in [2.75, 3.05) is 6.61 Å². The molecule has 0 saturated carbocycles. The van der Waals surface area contributed by atoms with Crippen molar-refractivity contribution in [2.24, 2.45) is 5.92 Å². The molecule has 0 unspecified atom stereocenters. The van der Waals surface area contributed by atoms with E-state index in [1.807, 2.05) is 36.4 Å². The highest BCUT2D eigenvalue weighted by Crippen LogP contribution is 2.44. The van der Waals surface area contributed by atoms with Crippen molar-refractivity contribution in [3.8, 4) is 11.1 Å². The van der Waals surface area contributed by atoms with Crippen LogP contribution in [0.1, 0.15) is 47.1 Å². The third-order valence-electron chi connectivity index (χ3n) is 5.78. The van der Waals surface area contributed by atoms with Gasteiger partial charge in [0.15, 0.2) is 11.5 Å². The molecule has 9 nitrogen and oxygen atoms in total.